The van der Waals surface area contributed by atoms with Gasteiger partial charge in [0.05, 0.1) is 0 Å². The minimum atomic E-state index is -4.25. The van der Waals surface area contributed by atoms with Crippen molar-refractivity contribution in [2.24, 2.45) is 10.7 Å². The lowest BCUT2D eigenvalue weighted by molar-refractivity contribution is 0.267. The molecular weight excluding hydrogens is 286 g/mol. The van der Waals surface area contributed by atoms with Gasteiger partial charge in [-0.05, 0) is 26.8 Å². The number of amidine groups is 1. The van der Waals surface area contributed by atoms with Gasteiger partial charge in [-0.1, -0.05) is 18.2 Å². The molecule has 1 aromatic carbocycles. The Labute approximate surface area is 116 Å². The van der Waals surface area contributed by atoms with E-state index in [0.717, 1.165) is 6.07 Å². The van der Waals surface area contributed by atoms with Crippen LogP contribution in [0.5, 0.6) is 0 Å². The standard InChI is InChI=1S/C13H16F2N2O2S/c1-12(2)11(16)17-13(3,10(15)20(12,18)19)8-6-4-5-7-9(8)14/h4-7,10H,1-3H3,(H2,16,17)/t10-,13+/m0/s1. The Hall–Kier alpha value is -1.50. The zero-order valence-corrected chi connectivity index (χ0v) is 12.2. The van der Waals surface area contributed by atoms with Crippen LogP contribution in [0.15, 0.2) is 29.3 Å². The number of nitrogens with zero attached hydrogens (tertiary/aromatic N) is 1. The molecule has 0 aliphatic carbocycles. The zero-order valence-electron chi connectivity index (χ0n) is 11.4. The van der Waals surface area contributed by atoms with Gasteiger partial charge in [-0.15, -0.1) is 0 Å². The number of sulfone groups is 1. The first-order valence-corrected chi connectivity index (χ1v) is 7.58. The number of halogens is 2. The number of hydrogen-bond donors (Lipinski definition) is 1. The van der Waals surface area contributed by atoms with Crippen molar-refractivity contribution in [3.63, 3.8) is 0 Å². The van der Waals surface area contributed by atoms with Gasteiger partial charge >= 0.3 is 0 Å². The number of nitrogens with two attached hydrogens (primary N) is 1. The second-order valence-corrected chi connectivity index (χ2v) is 8.02. The molecule has 2 atom stereocenters. The molecule has 1 aliphatic rings. The van der Waals surface area contributed by atoms with E-state index < -0.39 is 31.4 Å². The van der Waals surface area contributed by atoms with Gasteiger partial charge in [0.25, 0.3) is 0 Å². The fourth-order valence-electron chi connectivity index (χ4n) is 2.20. The fourth-order valence-corrected chi connectivity index (χ4v) is 3.83. The van der Waals surface area contributed by atoms with E-state index in [9.17, 15) is 17.2 Å². The Balaban J connectivity index is 2.76. The number of rotatable bonds is 1. The maximum absolute atomic E-state index is 14.6. The van der Waals surface area contributed by atoms with Gasteiger partial charge in [0.2, 0.25) is 5.50 Å². The van der Waals surface area contributed by atoms with E-state index in [0.29, 0.717) is 0 Å². The Morgan fingerprint density at radius 1 is 1.25 bits per heavy atom. The van der Waals surface area contributed by atoms with Gasteiger partial charge in [-0.2, -0.15) is 0 Å². The predicted octanol–water partition coefficient (Wildman–Crippen LogP) is 1.90. The van der Waals surface area contributed by atoms with E-state index in [1.165, 1.54) is 39.0 Å². The highest BCUT2D eigenvalue weighted by Crippen LogP contribution is 2.43. The molecule has 1 heterocycles. The summed E-state index contributed by atoms with van der Waals surface area (Å²) in [7, 11) is -4.25. The lowest BCUT2D eigenvalue weighted by Crippen LogP contribution is -2.58. The molecule has 2 rings (SSSR count). The van der Waals surface area contributed by atoms with Crippen molar-refractivity contribution in [2.45, 2.75) is 36.6 Å². The third-order valence-electron chi connectivity index (χ3n) is 3.81. The fraction of sp³-hybridized carbons (Fsp3) is 0.462. The van der Waals surface area contributed by atoms with E-state index in [1.54, 1.807) is 0 Å². The Bertz CT molecular complexity index is 685. The van der Waals surface area contributed by atoms with E-state index in [-0.39, 0.29) is 11.4 Å². The van der Waals surface area contributed by atoms with Crippen LogP contribution in [0, 0.1) is 5.82 Å². The minimum Gasteiger partial charge on any atom is -0.386 e. The summed E-state index contributed by atoms with van der Waals surface area (Å²) in [5.74, 6) is -0.943. The first-order valence-electron chi connectivity index (χ1n) is 6.03. The molecule has 0 radical (unpaired) electrons. The average Bonchev–Trinajstić information content (AvgIpc) is 2.36. The summed E-state index contributed by atoms with van der Waals surface area (Å²) in [4.78, 5) is 3.97. The van der Waals surface area contributed by atoms with Crippen molar-refractivity contribution in [2.75, 3.05) is 0 Å². The van der Waals surface area contributed by atoms with Crippen molar-refractivity contribution in [1.29, 1.82) is 0 Å². The van der Waals surface area contributed by atoms with E-state index in [2.05, 4.69) is 4.99 Å². The van der Waals surface area contributed by atoms with Crippen LogP contribution in [0.3, 0.4) is 0 Å². The maximum Gasteiger partial charge on any atom is 0.230 e. The first-order chi connectivity index (χ1) is 9.05. The second-order valence-electron chi connectivity index (χ2n) is 5.50. The molecular formula is C13H16F2N2O2S. The molecule has 4 nitrogen and oxygen atoms in total. The van der Waals surface area contributed by atoms with Crippen LogP contribution in [0.2, 0.25) is 0 Å². The molecule has 1 aliphatic heterocycles. The maximum atomic E-state index is 14.6. The van der Waals surface area contributed by atoms with Gasteiger partial charge in [0.15, 0.2) is 9.84 Å². The van der Waals surface area contributed by atoms with Crippen molar-refractivity contribution in [1.82, 2.24) is 0 Å². The van der Waals surface area contributed by atoms with Gasteiger partial charge < -0.3 is 5.73 Å². The van der Waals surface area contributed by atoms with Crippen molar-refractivity contribution in [3.8, 4) is 0 Å². The molecule has 2 N–H and O–H groups in total. The summed E-state index contributed by atoms with van der Waals surface area (Å²) in [6.45, 7) is 3.80. The Kier molecular flexibility index (Phi) is 3.16. The van der Waals surface area contributed by atoms with Gasteiger partial charge in [-0.25, -0.2) is 17.2 Å². The molecule has 0 saturated heterocycles. The van der Waals surface area contributed by atoms with E-state index in [4.69, 9.17) is 5.73 Å². The van der Waals surface area contributed by atoms with Gasteiger partial charge in [-0.3, -0.25) is 4.99 Å². The molecule has 0 amide bonds. The first kappa shape index (κ1) is 14.9. The Morgan fingerprint density at radius 2 is 1.80 bits per heavy atom. The number of hydrogen-bond acceptors (Lipinski definition) is 4. The van der Waals surface area contributed by atoms with Crippen LogP contribution in [-0.2, 0) is 15.4 Å². The highest BCUT2D eigenvalue weighted by molar-refractivity contribution is 7.94. The molecule has 0 spiro atoms. The second kappa shape index (κ2) is 4.25. The summed E-state index contributed by atoms with van der Waals surface area (Å²) in [5.41, 5.74) is 1.31. The van der Waals surface area contributed by atoms with Crippen LogP contribution >= 0.6 is 0 Å². The van der Waals surface area contributed by atoms with Gasteiger partial charge in [0.1, 0.15) is 21.9 Å². The summed E-state index contributed by atoms with van der Waals surface area (Å²) < 4.78 is 51.5. The van der Waals surface area contributed by atoms with E-state index in [1.807, 2.05) is 0 Å². The van der Waals surface area contributed by atoms with E-state index >= 15 is 0 Å². The number of alkyl halides is 1. The van der Waals surface area contributed by atoms with Crippen molar-refractivity contribution in [3.05, 3.63) is 35.6 Å². The molecule has 0 bridgehead atoms. The number of benzene rings is 1. The molecule has 0 fully saturated rings. The molecule has 110 valence electrons. The number of aliphatic imine (C=N–C) groups is 1. The Morgan fingerprint density at radius 3 is 2.35 bits per heavy atom. The van der Waals surface area contributed by atoms with Crippen LogP contribution in [0.1, 0.15) is 26.3 Å². The topological polar surface area (TPSA) is 72.5 Å². The lowest BCUT2D eigenvalue weighted by Gasteiger charge is -2.40. The molecule has 0 aromatic heterocycles. The average molecular weight is 302 g/mol. The van der Waals surface area contributed by atoms with Crippen LogP contribution in [0.4, 0.5) is 8.78 Å². The van der Waals surface area contributed by atoms with Crippen LogP contribution < -0.4 is 5.73 Å². The summed E-state index contributed by atoms with van der Waals surface area (Å²) in [6.07, 6.45) is 0. The molecule has 1 aromatic rings. The van der Waals surface area contributed by atoms with Crippen molar-refractivity contribution < 1.29 is 17.2 Å². The molecule has 20 heavy (non-hydrogen) atoms. The summed E-state index contributed by atoms with van der Waals surface area (Å²) in [6, 6.07) is 5.37. The normalized spacial score (nSPS) is 31.6. The molecule has 0 saturated carbocycles. The minimum absolute atomic E-state index is 0.130. The quantitative estimate of drug-likeness (QED) is 0.861. The predicted molar refractivity (Wildman–Crippen MR) is 73.3 cm³/mol. The third-order valence-corrected chi connectivity index (χ3v) is 6.45. The van der Waals surface area contributed by atoms with Crippen molar-refractivity contribution >= 4 is 15.7 Å². The molecule has 7 heteroatoms. The highest BCUT2D eigenvalue weighted by Gasteiger charge is 2.57. The highest BCUT2D eigenvalue weighted by atomic mass is 32.2. The lowest BCUT2D eigenvalue weighted by atomic mass is 9.92. The van der Waals surface area contributed by atoms with Gasteiger partial charge in [0, 0.05) is 5.56 Å². The smallest absolute Gasteiger partial charge is 0.230 e. The summed E-state index contributed by atoms with van der Waals surface area (Å²) in [5, 5.41) is 0. The van der Waals surface area contributed by atoms with Crippen LogP contribution in [-0.4, -0.2) is 24.5 Å². The monoisotopic (exact) mass is 302 g/mol. The largest absolute Gasteiger partial charge is 0.386 e. The zero-order chi connectivity index (χ0) is 15.3. The summed E-state index contributed by atoms with van der Waals surface area (Å²) >= 11 is 0. The van der Waals surface area contributed by atoms with Crippen LogP contribution in [0.25, 0.3) is 0 Å². The third kappa shape index (κ3) is 1.76. The molecule has 0 unspecified atom stereocenters. The SMILES string of the molecule is CC1(C)C(N)=N[C@](C)(c2ccccc2F)[C@@H](F)S1(=O)=O.